The van der Waals surface area contributed by atoms with E-state index >= 15 is 0 Å². The Balaban J connectivity index is 2.00. The van der Waals surface area contributed by atoms with Crippen LogP contribution in [0.5, 0.6) is 0 Å². The van der Waals surface area contributed by atoms with Crippen LogP contribution < -0.4 is 5.32 Å². The van der Waals surface area contributed by atoms with Gasteiger partial charge in [-0.15, -0.1) is 0 Å². The first-order chi connectivity index (χ1) is 12.9. The molecule has 9 heteroatoms. The first-order valence-electron chi connectivity index (χ1n) is 7.69. The third kappa shape index (κ3) is 6.47. The zero-order valence-corrected chi connectivity index (χ0v) is 15.4. The van der Waals surface area contributed by atoms with Crippen LogP contribution in [0.25, 0.3) is 0 Å². The molecule has 2 aromatic rings. The molecule has 0 amide bonds. The van der Waals surface area contributed by atoms with Crippen molar-refractivity contribution < 1.29 is 29.0 Å². The molecule has 142 valence electrons. The molecular weight excluding hydrogens is 397 g/mol. The van der Waals surface area contributed by atoms with E-state index in [1.807, 2.05) is 0 Å². The fraction of sp³-hybridized carbons (Fsp3) is 0.167. The van der Waals surface area contributed by atoms with E-state index in [1.54, 1.807) is 42.5 Å². The number of halogens is 2. The molecule has 2 rings (SSSR count). The number of aliphatic carboxylic acids is 1. The lowest BCUT2D eigenvalue weighted by Crippen LogP contribution is -2.20. The Labute approximate surface area is 164 Å². The maximum atomic E-state index is 12.0. The topological polar surface area (TPSA) is 102 Å². The highest BCUT2D eigenvalue weighted by molar-refractivity contribution is 6.39. The summed E-state index contributed by atoms with van der Waals surface area (Å²) in [5, 5.41) is 12.3. The van der Waals surface area contributed by atoms with Crippen molar-refractivity contribution in [1.29, 1.82) is 0 Å². The van der Waals surface area contributed by atoms with Crippen LogP contribution in [-0.2, 0) is 30.3 Å². The van der Waals surface area contributed by atoms with Crippen LogP contribution in [0.4, 0.5) is 11.4 Å². The first kappa shape index (κ1) is 20.5. The van der Waals surface area contributed by atoms with Crippen molar-refractivity contribution in [3.63, 3.8) is 0 Å². The summed E-state index contributed by atoms with van der Waals surface area (Å²) in [4.78, 5) is 33.6. The molecule has 0 aliphatic carbocycles. The van der Waals surface area contributed by atoms with Crippen LogP contribution in [-0.4, -0.2) is 36.2 Å². The molecule has 2 N–H and O–H groups in total. The number of hydrogen-bond acceptors (Lipinski definition) is 6. The monoisotopic (exact) mass is 411 g/mol. The summed E-state index contributed by atoms with van der Waals surface area (Å²) in [6, 6.07) is 12.0. The fourth-order valence-electron chi connectivity index (χ4n) is 2.08. The quantitative estimate of drug-likeness (QED) is 0.641. The first-order valence-corrected chi connectivity index (χ1v) is 8.44. The van der Waals surface area contributed by atoms with Gasteiger partial charge in [0.2, 0.25) is 0 Å². The van der Waals surface area contributed by atoms with Gasteiger partial charge in [-0.3, -0.25) is 4.79 Å². The van der Waals surface area contributed by atoms with Crippen molar-refractivity contribution in [3.8, 4) is 0 Å². The summed E-state index contributed by atoms with van der Waals surface area (Å²) in [7, 11) is 0. The average molecular weight is 412 g/mol. The normalized spacial score (nSPS) is 10.1. The number of carboxylic acids is 1. The van der Waals surface area contributed by atoms with Crippen LogP contribution in [0.15, 0.2) is 42.5 Å². The van der Waals surface area contributed by atoms with Gasteiger partial charge in [-0.25, -0.2) is 9.59 Å². The lowest BCUT2D eigenvalue weighted by molar-refractivity contribution is -0.162. The number of nitrogens with one attached hydrogen (secondary N) is 1. The highest BCUT2D eigenvalue weighted by Crippen LogP contribution is 2.33. The third-order valence-electron chi connectivity index (χ3n) is 3.28. The van der Waals surface area contributed by atoms with Crippen molar-refractivity contribution in [3.05, 3.63) is 58.1 Å². The summed E-state index contributed by atoms with van der Waals surface area (Å²) in [5.74, 6) is -2.92. The minimum absolute atomic E-state index is 0.128. The van der Waals surface area contributed by atoms with Gasteiger partial charge in [-0.1, -0.05) is 47.5 Å². The summed E-state index contributed by atoms with van der Waals surface area (Å²) >= 11 is 12.3. The largest absolute Gasteiger partial charge is 0.479 e. The van der Waals surface area contributed by atoms with E-state index in [0.29, 0.717) is 27.0 Å². The van der Waals surface area contributed by atoms with E-state index in [4.69, 9.17) is 33.0 Å². The summed E-state index contributed by atoms with van der Waals surface area (Å²) in [6.45, 7) is -1.46. The molecule has 0 aromatic heterocycles. The smallest absolute Gasteiger partial charge is 0.344 e. The second kappa shape index (κ2) is 9.80. The molecule has 0 fully saturated rings. The standard InChI is InChI=1S/C18H15Cl2NO6/c19-12-5-3-6-13(20)18(12)21-14-7-2-1-4-11(14)8-16(24)27-10-17(25)26-9-15(22)23/h1-7,21H,8-10H2,(H,22,23). The van der Waals surface area contributed by atoms with Gasteiger partial charge in [0.1, 0.15) is 0 Å². The molecular formula is C18H15Cl2NO6. The zero-order chi connectivity index (χ0) is 19.8. The second-order valence-electron chi connectivity index (χ2n) is 5.27. The Hall–Kier alpha value is -2.77. The van der Waals surface area contributed by atoms with Crippen LogP contribution in [0.2, 0.25) is 10.0 Å². The molecule has 0 aliphatic heterocycles. The number of rotatable bonds is 8. The van der Waals surface area contributed by atoms with Crippen molar-refractivity contribution in [1.82, 2.24) is 0 Å². The molecule has 0 atom stereocenters. The molecule has 0 bridgehead atoms. The van der Waals surface area contributed by atoms with E-state index in [2.05, 4.69) is 10.1 Å². The van der Waals surface area contributed by atoms with E-state index in [-0.39, 0.29) is 6.42 Å². The van der Waals surface area contributed by atoms with E-state index < -0.39 is 31.1 Å². The molecule has 7 nitrogen and oxygen atoms in total. The number of anilines is 2. The number of esters is 2. The van der Waals surface area contributed by atoms with Gasteiger partial charge in [-0.05, 0) is 23.8 Å². The molecule has 0 saturated carbocycles. The van der Waals surface area contributed by atoms with Crippen LogP contribution >= 0.6 is 23.2 Å². The van der Waals surface area contributed by atoms with Gasteiger partial charge in [0.15, 0.2) is 13.2 Å². The molecule has 0 saturated heterocycles. The maximum Gasteiger partial charge on any atom is 0.344 e. The summed E-state index contributed by atoms with van der Waals surface area (Å²) in [6.07, 6.45) is -0.128. The van der Waals surface area contributed by atoms with Gasteiger partial charge in [0.25, 0.3) is 0 Å². The number of hydrogen-bond donors (Lipinski definition) is 2. The molecule has 0 unspecified atom stereocenters. The Morgan fingerprint density at radius 2 is 1.52 bits per heavy atom. The van der Waals surface area contributed by atoms with Gasteiger partial charge >= 0.3 is 17.9 Å². The zero-order valence-electron chi connectivity index (χ0n) is 13.9. The van der Waals surface area contributed by atoms with E-state index in [0.717, 1.165) is 0 Å². The minimum atomic E-state index is -1.30. The van der Waals surface area contributed by atoms with Crippen molar-refractivity contribution in [2.24, 2.45) is 0 Å². The Kier molecular flexibility index (Phi) is 7.45. The fourth-order valence-corrected chi connectivity index (χ4v) is 2.57. The minimum Gasteiger partial charge on any atom is -0.479 e. The predicted octanol–water partition coefficient (Wildman–Crippen LogP) is 3.45. The van der Waals surface area contributed by atoms with E-state index in [9.17, 15) is 14.4 Å². The number of ether oxygens (including phenoxy) is 2. The van der Waals surface area contributed by atoms with Gasteiger partial charge in [0, 0.05) is 5.69 Å². The molecule has 0 radical (unpaired) electrons. The number of para-hydroxylation sites is 2. The third-order valence-corrected chi connectivity index (χ3v) is 3.91. The van der Waals surface area contributed by atoms with Crippen LogP contribution in [0.3, 0.4) is 0 Å². The summed E-state index contributed by atoms with van der Waals surface area (Å²) < 4.78 is 9.18. The Bertz CT molecular complexity index is 835. The van der Waals surface area contributed by atoms with Crippen molar-refractivity contribution >= 4 is 52.5 Å². The number of carbonyl (C=O) groups excluding carboxylic acids is 2. The van der Waals surface area contributed by atoms with Gasteiger partial charge in [0.05, 0.1) is 22.2 Å². The van der Waals surface area contributed by atoms with Crippen LogP contribution in [0.1, 0.15) is 5.56 Å². The number of carboxylic acid groups (broad SMARTS) is 1. The SMILES string of the molecule is O=C(O)COC(=O)COC(=O)Cc1ccccc1Nc1c(Cl)cccc1Cl. The maximum absolute atomic E-state index is 12.0. The summed E-state index contributed by atoms with van der Waals surface area (Å²) in [5.41, 5.74) is 1.69. The predicted molar refractivity (Wildman–Crippen MR) is 99.4 cm³/mol. The molecule has 27 heavy (non-hydrogen) atoms. The molecule has 0 aliphatic rings. The molecule has 0 heterocycles. The molecule has 0 spiro atoms. The number of benzene rings is 2. The lowest BCUT2D eigenvalue weighted by atomic mass is 10.1. The van der Waals surface area contributed by atoms with E-state index in [1.165, 1.54) is 0 Å². The Morgan fingerprint density at radius 1 is 0.889 bits per heavy atom. The highest BCUT2D eigenvalue weighted by Gasteiger charge is 2.14. The average Bonchev–Trinajstić information content (AvgIpc) is 2.62. The van der Waals surface area contributed by atoms with Gasteiger partial charge in [-0.2, -0.15) is 0 Å². The lowest BCUT2D eigenvalue weighted by Gasteiger charge is -2.14. The van der Waals surface area contributed by atoms with Crippen LogP contribution in [0, 0.1) is 0 Å². The van der Waals surface area contributed by atoms with Gasteiger partial charge < -0.3 is 19.9 Å². The Morgan fingerprint density at radius 3 is 2.19 bits per heavy atom. The van der Waals surface area contributed by atoms with Crippen molar-refractivity contribution in [2.75, 3.05) is 18.5 Å². The molecule has 2 aromatic carbocycles. The number of carbonyl (C=O) groups is 3. The van der Waals surface area contributed by atoms with Crippen molar-refractivity contribution in [2.45, 2.75) is 6.42 Å². The highest BCUT2D eigenvalue weighted by atomic mass is 35.5. The second-order valence-corrected chi connectivity index (χ2v) is 6.09.